The molecule has 112 valence electrons. The van der Waals surface area contributed by atoms with E-state index in [1.54, 1.807) is 7.11 Å². The van der Waals surface area contributed by atoms with E-state index in [0.29, 0.717) is 31.3 Å². The molecule has 20 heavy (non-hydrogen) atoms. The van der Waals surface area contributed by atoms with Gasteiger partial charge in [-0.15, -0.1) is 0 Å². The Balaban J connectivity index is 2.00. The molecule has 0 spiro atoms. The lowest BCUT2D eigenvalue weighted by molar-refractivity contribution is 0.210. The van der Waals surface area contributed by atoms with Gasteiger partial charge < -0.3 is 15.4 Å². The van der Waals surface area contributed by atoms with E-state index in [-0.39, 0.29) is 17.5 Å². The molecular weight excluding hydrogens is 280 g/mol. The topological polar surface area (TPSA) is 93.2 Å². The van der Waals surface area contributed by atoms with Crippen LogP contribution in [-0.4, -0.2) is 56.2 Å². The summed E-state index contributed by atoms with van der Waals surface area (Å²) in [5, 5.41) is 6.23. The van der Waals surface area contributed by atoms with Crippen molar-refractivity contribution in [1.82, 2.24) is 9.97 Å². The van der Waals surface area contributed by atoms with Crippen molar-refractivity contribution in [3.63, 3.8) is 0 Å². The van der Waals surface area contributed by atoms with E-state index < -0.39 is 9.84 Å². The largest absolute Gasteiger partial charge is 0.383 e. The molecule has 2 rings (SSSR count). The van der Waals surface area contributed by atoms with Crippen molar-refractivity contribution in [2.45, 2.75) is 19.4 Å². The maximum atomic E-state index is 11.4. The van der Waals surface area contributed by atoms with Crippen LogP contribution in [0.5, 0.6) is 0 Å². The Labute approximate surface area is 119 Å². The van der Waals surface area contributed by atoms with Gasteiger partial charge in [-0.2, -0.15) is 4.98 Å². The van der Waals surface area contributed by atoms with E-state index in [2.05, 4.69) is 20.6 Å². The van der Waals surface area contributed by atoms with Gasteiger partial charge in [-0.05, 0) is 13.3 Å². The van der Waals surface area contributed by atoms with E-state index in [4.69, 9.17) is 4.74 Å². The number of hydrogen-bond acceptors (Lipinski definition) is 7. The van der Waals surface area contributed by atoms with Gasteiger partial charge in [-0.3, -0.25) is 0 Å². The number of sulfone groups is 1. The lowest BCUT2D eigenvalue weighted by atomic mass is 10.3. The molecule has 1 aromatic heterocycles. The molecule has 0 radical (unpaired) electrons. The minimum Gasteiger partial charge on any atom is -0.383 e. The van der Waals surface area contributed by atoms with Crippen molar-refractivity contribution < 1.29 is 13.2 Å². The van der Waals surface area contributed by atoms with Crippen LogP contribution in [0.25, 0.3) is 0 Å². The third-order valence-electron chi connectivity index (χ3n) is 3.03. The summed E-state index contributed by atoms with van der Waals surface area (Å²) in [5.74, 6) is 1.55. The summed E-state index contributed by atoms with van der Waals surface area (Å²) in [6.07, 6.45) is 0.603. The second-order valence-electron chi connectivity index (χ2n) is 4.88. The highest BCUT2D eigenvalue weighted by atomic mass is 32.2. The van der Waals surface area contributed by atoms with Crippen LogP contribution < -0.4 is 10.6 Å². The van der Waals surface area contributed by atoms with Gasteiger partial charge in [0.05, 0.1) is 18.1 Å². The van der Waals surface area contributed by atoms with Crippen LogP contribution in [0.3, 0.4) is 0 Å². The Morgan fingerprint density at radius 1 is 1.45 bits per heavy atom. The zero-order valence-electron chi connectivity index (χ0n) is 11.7. The van der Waals surface area contributed by atoms with Gasteiger partial charge in [0.15, 0.2) is 9.84 Å². The molecule has 1 atom stereocenters. The van der Waals surface area contributed by atoms with Crippen LogP contribution in [0.2, 0.25) is 0 Å². The Kier molecular flexibility index (Phi) is 4.77. The van der Waals surface area contributed by atoms with Gasteiger partial charge in [0, 0.05) is 31.5 Å². The van der Waals surface area contributed by atoms with Crippen molar-refractivity contribution in [3.8, 4) is 0 Å². The lowest BCUT2D eigenvalue weighted by Crippen LogP contribution is -2.22. The SMILES string of the molecule is COCCNc1cc(C)nc(NC2CCS(=O)(=O)C2)n1. The van der Waals surface area contributed by atoms with Gasteiger partial charge in [0.25, 0.3) is 0 Å². The molecule has 1 fully saturated rings. The highest BCUT2D eigenvalue weighted by Crippen LogP contribution is 2.16. The monoisotopic (exact) mass is 300 g/mol. The maximum Gasteiger partial charge on any atom is 0.225 e. The summed E-state index contributed by atoms with van der Waals surface area (Å²) in [7, 11) is -1.26. The van der Waals surface area contributed by atoms with Crippen molar-refractivity contribution in [1.29, 1.82) is 0 Å². The summed E-state index contributed by atoms with van der Waals surface area (Å²) in [4.78, 5) is 8.62. The zero-order chi connectivity index (χ0) is 14.6. The van der Waals surface area contributed by atoms with E-state index in [1.165, 1.54) is 0 Å². The number of aryl methyl sites for hydroxylation is 1. The van der Waals surface area contributed by atoms with Crippen LogP contribution in [0, 0.1) is 6.92 Å². The normalized spacial score (nSPS) is 20.8. The Morgan fingerprint density at radius 2 is 2.25 bits per heavy atom. The number of anilines is 2. The number of aromatic nitrogens is 2. The maximum absolute atomic E-state index is 11.4. The van der Waals surface area contributed by atoms with Crippen molar-refractivity contribution in [2.24, 2.45) is 0 Å². The minimum atomic E-state index is -2.90. The second-order valence-corrected chi connectivity index (χ2v) is 7.11. The predicted molar refractivity (Wildman–Crippen MR) is 77.8 cm³/mol. The van der Waals surface area contributed by atoms with E-state index in [1.807, 2.05) is 13.0 Å². The Morgan fingerprint density at radius 3 is 2.90 bits per heavy atom. The molecule has 1 saturated heterocycles. The van der Waals surface area contributed by atoms with E-state index in [0.717, 1.165) is 5.69 Å². The van der Waals surface area contributed by atoms with Crippen molar-refractivity contribution in [3.05, 3.63) is 11.8 Å². The van der Waals surface area contributed by atoms with Gasteiger partial charge in [0.2, 0.25) is 5.95 Å². The molecule has 2 N–H and O–H groups in total. The smallest absolute Gasteiger partial charge is 0.225 e. The van der Waals surface area contributed by atoms with E-state index in [9.17, 15) is 8.42 Å². The summed E-state index contributed by atoms with van der Waals surface area (Å²) >= 11 is 0. The molecule has 1 aliphatic heterocycles. The Hall–Kier alpha value is -1.41. The number of methoxy groups -OCH3 is 1. The lowest BCUT2D eigenvalue weighted by Gasteiger charge is -2.13. The summed E-state index contributed by atoms with van der Waals surface area (Å²) in [6.45, 7) is 3.12. The molecule has 0 aromatic carbocycles. The van der Waals surface area contributed by atoms with E-state index >= 15 is 0 Å². The standard InChI is InChI=1S/C12H20N4O3S/c1-9-7-11(13-4-5-19-2)16-12(14-9)15-10-3-6-20(17,18)8-10/h7,10H,3-6,8H2,1-2H3,(H2,13,14,15,16). The average molecular weight is 300 g/mol. The first-order valence-electron chi connectivity index (χ1n) is 6.54. The molecule has 1 aliphatic rings. The fraction of sp³-hybridized carbons (Fsp3) is 0.667. The summed E-state index contributed by atoms with van der Waals surface area (Å²) in [6, 6.07) is 1.74. The number of nitrogens with zero attached hydrogens (tertiary/aromatic N) is 2. The van der Waals surface area contributed by atoms with Crippen LogP contribution in [0.4, 0.5) is 11.8 Å². The van der Waals surface area contributed by atoms with Crippen molar-refractivity contribution in [2.75, 3.05) is 42.4 Å². The summed E-state index contributed by atoms with van der Waals surface area (Å²) in [5.41, 5.74) is 0.822. The molecule has 1 aromatic rings. The molecule has 0 saturated carbocycles. The highest BCUT2D eigenvalue weighted by Gasteiger charge is 2.28. The van der Waals surface area contributed by atoms with Crippen LogP contribution in [0.1, 0.15) is 12.1 Å². The third-order valence-corrected chi connectivity index (χ3v) is 4.80. The highest BCUT2D eigenvalue weighted by molar-refractivity contribution is 7.91. The number of rotatable bonds is 6. The molecule has 1 unspecified atom stereocenters. The number of hydrogen-bond donors (Lipinski definition) is 2. The van der Waals surface area contributed by atoms with Gasteiger partial charge in [-0.25, -0.2) is 13.4 Å². The second kappa shape index (κ2) is 6.36. The summed E-state index contributed by atoms with van der Waals surface area (Å²) < 4.78 is 27.8. The minimum absolute atomic E-state index is 0.103. The van der Waals surface area contributed by atoms with Gasteiger partial charge >= 0.3 is 0 Å². The molecule has 8 heteroatoms. The van der Waals surface area contributed by atoms with Crippen LogP contribution in [-0.2, 0) is 14.6 Å². The fourth-order valence-corrected chi connectivity index (χ4v) is 3.77. The van der Waals surface area contributed by atoms with Crippen LogP contribution >= 0.6 is 0 Å². The first-order chi connectivity index (χ1) is 9.48. The number of ether oxygens (including phenoxy) is 1. The first kappa shape index (κ1) is 15.0. The molecule has 2 heterocycles. The average Bonchev–Trinajstić information content (AvgIpc) is 2.68. The molecule has 0 amide bonds. The third kappa shape index (κ3) is 4.31. The molecular formula is C12H20N4O3S. The van der Waals surface area contributed by atoms with Crippen LogP contribution in [0.15, 0.2) is 6.07 Å². The van der Waals surface area contributed by atoms with Gasteiger partial charge in [-0.1, -0.05) is 0 Å². The Bertz CT molecular complexity index is 562. The quantitative estimate of drug-likeness (QED) is 0.736. The van der Waals surface area contributed by atoms with Crippen molar-refractivity contribution >= 4 is 21.6 Å². The van der Waals surface area contributed by atoms with Gasteiger partial charge in [0.1, 0.15) is 5.82 Å². The number of nitrogens with one attached hydrogen (secondary N) is 2. The molecule has 0 aliphatic carbocycles. The predicted octanol–water partition coefficient (Wildman–Crippen LogP) is 0.442. The zero-order valence-corrected chi connectivity index (χ0v) is 12.5. The first-order valence-corrected chi connectivity index (χ1v) is 8.36. The fourth-order valence-electron chi connectivity index (χ4n) is 2.10. The molecule has 7 nitrogen and oxygen atoms in total. The molecule has 0 bridgehead atoms.